The Labute approximate surface area is 170 Å². The maximum absolute atomic E-state index is 12.0. The number of rotatable bonds is 5. The molecule has 3 rings (SSSR count). The lowest BCUT2D eigenvalue weighted by molar-refractivity contribution is -0.121. The number of aryl methyl sites for hydroxylation is 1. The minimum Gasteiger partial charge on any atom is -0.495 e. The molecule has 2 N–H and O–H groups in total. The Balaban J connectivity index is 1.58. The summed E-state index contributed by atoms with van der Waals surface area (Å²) in [6, 6.07) is 11.0. The lowest BCUT2D eigenvalue weighted by Crippen LogP contribution is -2.37. The molecule has 0 saturated carbocycles. The van der Waals surface area contributed by atoms with Crippen LogP contribution in [0, 0.1) is 6.92 Å². The number of carbonyl (C=O) groups excluding carboxylic acids is 1. The molecular weight excluding hydrogens is 406 g/mol. The summed E-state index contributed by atoms with van der Waals surface area (Å²) in [6.45, 7) is 1.77. The van der Waals surface area contributed by atoms with E-state index in [9.17, 15) is 4.79 Å². The number of hydrogen-bond acceptors (Lipinski definition) is 6. The van der Waals surface area contributed by atoms with Crippen LogP contribution in [-0.4, -0.2) is 29.7 Å². The summed E-state index contributed by atoms with van der Waals surface area (Å²) >= 11 is 12.6. The van der Waals surface area contributed by atoms with E-state index < -0.39 is 0 Å². The van der Waals surface area contributed by atoms with Crippen LogP contribution in [0.25, 0.3) is 10.2 Å². The van der Waals surface area contributed by atoms with Gasteiger partial charge in [-0.1, -0.05) is 41.1 Å². The second-order valence-corrected chi connectivity index (χ2v) is 7.38. The van der Waals surface area contributed by atoms with Gasteiger partial charge in [0, 0.05) is 6.07 Å². The van der Waals surface area contributed by atoms with Crippen LogP contribution in [0.1, 0.15) is 5.56 Å². The van der Waals surface area contributed by atoms with Gasteiger partial charge in [0.25, 0.3) is 5.91 Å². The van der Waals surface area contributed by atoms with Crippen LogP contribution in [-0.2, 0) is 4.79 Å². The number of thiocarbonyl (C=S) groups is 1. The molecule has 0 unspecified atom stereocenters. The van der Waals surface area contributed by atoms with Gasteiger partial charge in [-0.2, -0.15) is 0 Å². The molecule has 27 heavy (non-hydrogen) atoms. The number of nitrogens with zero attached hydrogens (tertiary/aromatic N) is 1. The number of aromatic nitrogens is 1. The van der Waals surface area contributed by atoms with E-state index in [2.05, 4.69) is 15.6 Å². The SMILES string of the molecule is COc1cc2sc(NC(=S)NC(=O)COc3ccccc3C)nc2cc1Cl. The summed E-state index contributed by atoms with van der Waals surface area (Å²) < 4.78 is 11.6. The van der Waals surface area contributed by atoms with Crippen LogP contribution in [0.2, 0.25) is 5.02 Å². The molecule has 0 fully saturated rings. The second-order valence-electron chi connectivity index (χ2n) is 5.53. The molecule has 0 aliphatic heterocycles. The largest absolute Gasteiger partial charge is 0.495 e. The van der Waals surface area contributed by atoms with Crippen molar-refractivity contribution in [3.8, 4) is 11.5 Å². The summed E-state index contributed by atoms with van der Waals surface area (Å²) in [4.78, 5) is 16.4. The predicted octanol–water partition coefficient (Wildman–Crippen LogP) is 4.16. The molecule has 1 amide bonds. The number of halogens is 1. The molecule has 140 valence electrons. The van der Waals surface area contributed by atoms with E-state index in [0.717, 1.165) is 10.3 Å². The van der Waals surface area contributed by atoms with Crippen molar-refractivity contribution >= 4 is 61.5 Å². The lowest BCUT2D eigenvalue weighted by Gasteiger charge is -2.10. The average molecular weight is 422 g/mol. The predicted molar refractivity (Wildman–Crippen MR) is 112 cm³/mol. The molecule has 0 spiro atoms. The summed E-state index contributed by atoms with van der Waals surface area (Å²) in [5.74, 6) is 0.869. The Bertz CT molecular complexity index is 1010. The quantitative estimate of drug-likeness (QED) is 0.603. The number of amides is 1. The maximum Gasteiger partial charge on any atom is 0.264 e. The molecule has 0 aliphatic rings. The first-order valence-corrected chi connectivity index (χ1v) is 9.50. The number of anilines is 1. The number of fused-ring (bicyclic) bond motifs is 1. The van der Waals surface area contributed by atoms with E-state index in [1.54, 1.807) is 25.3 Å². The fraction of sp³-hybridized carbons (Fsp3) is 0.167. The van der Waals surface area contributed by atoms with Crippen LogP contribution < -0.4 is 20.1 Å². The molecule has 0 saturated heterocycles. The third-order valence-corrected chi connectivity index (χ3v) is 5.02. The monoisotopic (exact) mass is 421 g/mol. The van der Waals surface area contributed by atoms with E-state index >= 15 is 0 Å². The third kappa shape index (κ3) is 4.85. The Morgan fingerprint density at radius 1 is 1.30 bits per heavy atom. The van der Waals surface area contributed by atoms with E-state index in [0.29, 0.717) is 27.2 Å². The first kappa shape index (κ1) is 19.3. The first-order chi connectivity index (χ1) is 13.0. The highest BCUT2D eigenvalue weighted by Crippen LogP contribution is 2.34. The van der Waals surface area contributed by atoms with Gasteiger partial charge >= 0.3 is 0 Å². The number of carbonyl (C=O) groups is 1. The van der Waals surface area contributed by atoms with Gasteiger partial charge in [-0.05, 0) is 36.8 Å². The van der Waals surface area contributed by atoms with Crippen molar-refractivity contribution in [2.75, 3.05) is 19.0 Å². The Morgan fingerprint density at radius 2 is 2.07 bits per heavy atom. The standard InChI is InChI=1S/C18H16ClN3O3S2/c1-10-5-3-4-6-13(10)25-9-16(23)21-17(26)22-18-20-12-7-11(19)14(24-2)8-15(12)27-18/h3-8H,9H2,1-2H3,(H2,20,21,22,23,26). The average Bonchev–Trinajstić information content (AvgIpc) is 3.00. The van der Waals surface area contributed by atoms with Crippen molar-refractivity contribution in [2.24, 2.45) is 0 Å². The Kier molecular flexibility index (Phi) is 6.10. The number of hydrogen-bond donors (Lipinski definition) is 2. The summed E-state index contributed by atoms with van der Waals surface area (Å²) in [5.41, 5.74) is 1.67. The topological polar surface area (TPSA) is 72.5 Å². The van der Waals surface area contributed by atoms with Gasteiger partial charge in [-0.25, -0.2) is 4.98 Å². The highest BCUT2D eigenvalue weighted by Gasteiger charge is 2.12. The summed E-state index contributed by atoms with van der Waals surface area (Å²) in [6.07, 6.45) is 0. The Morgan fingerprint density at radius 3 is 2.81 bits per heavy atom. The van der Waals surface area contributed by atoms with Gasteiger partial charge in [0.15, 0.2) is 16.9 Å². The smallest absolute Gasteiger partial charge is 0.264 e. The van der Waals surface area contributed by atoms with Gasteiger partial charge < -0.3 is 14.8 Å². The van der Waals surface area contributed by atoms with Crippen LogP contribution in [0.5, 0.6) is 11.5 Å². The number of para-hydroxylation sites is 1. The molecule has 0 atom stereocenters. The van der Waals surface area contributed by atoms with Crippen LogP contribution in [0.4, 0.5) is 5.13 Å². The molecule has 9 heteroatoms. The third-order valence-electron chi connectivity index (χ3n) is 3.59. The summed E-state index contributed by atoms with van der Waals surface area (Å²) in [5, 5.41) is 6.63. The molecule has 2 aromatic carbocycles. The van der Waals surface area contributed by atoms with Crippen molar-refractivity contribution in [3.05, 3.63) is 47.0 Å². The molecule has 0 bridgehead atoms. The van der Waals surface area contributed by atoms with Crippen molar-refractivity contribution in [2.45, 2.75) is 6.92 Å². The molecule has 3 aromatic rings. The Hall–Kier alpha value is -2.42. The number of nitrogens with one attached hydrogen (secondary N) is 2. The first-order valence-electron chi connectivity index (χ1n) is 7.89. The van der Waals surface area contributed by atoms with Crippen molar-refractivity contribution in [3.63, 3.8) is 0 Å². The highest BCUT2D eigenvalue weighted by molar-refractivity contribution is 7.80. The van der Waals surface area contributed by atoms with Gasteiger partial charge in [-0.15, -0.1) is 0 Å². The van der Waals surface area contributed by atoms with E-state index in [1.165, 1.54) is 11.3 Å². The minimum atomic E-state index is -0.360. The molecule has 1 aromatic heterocycles. The fourth-order valence-corrected chi connectivity index (χ4v) is 3.68. The normalized spacial score (nSPS) is 10.5. The van der Waals surface area contributed by atoms with E-state index in [-0.39, 0.29) is 17.6 Å². The van der Waals surface area contributed by atoms with Crippen molar-refractivity contribution in [1.82, 2.24) is 10.3 Å². The number of methoxy groups -OCH3 is 1. The number of ether oxygens (including phenoxy) is 2. The minimum absolute atomic E-state index is 0.140. The zero-order valence-electron chi connectivity index (χ0n) is 14.5. The molecule has 0 aliphatic carbocycles. The van der Waals surface area contributed by atoms with Gasteiger partial charge in [0.2, 0.25) is 0 Å². The zero-order valence-corrected chi connectivity index (χ0v) is 16.9. The fourth-order valence-electron chi connectivity index (χ4n) is 2.29. The molecule has 0 radical (unpaired) electrons. The van der Waals surface area contributed by atoms with E-state index in [1.807, 2.05) is 25.1 Å². The zero-order chi connectivity index (χ0) is 19.4. The molecule has 6 nitrogen and oxygen atoms in total. The number of thiazole rings is 1. The highest BCUT2D eigenvalue weighted by atomic mass is 35.5. The number of benzene rings is 2. The van der Waals surface area contributed by atoms with Crippen LogP contribution in [0.15, 0.2) is 36.4 Å². The second kappa shape index (κ2) is 8.51. The van der Waals surface area contributed by atoms with Crippen LogP contribution in [0.3, 0.4) is 0 Å². The summed E-state index contributed by atoms with van der Waals surface area (Å²) in [7, 11) is 1.55. The van der Waals surface area contributed by atoms with Crippen molar-refractivity contribution in [1.29, 1.82) is 0 Å². The van der Waals surface area contributed by atoms with Gasteiger partial charge in [0.1, 0.15) is 11.5 Å². The maximum atomic E-state index is 12.0. The van der Waals surface area contributed by atoms with Gasteiger partial charge in [-0.3, -0.25) is 10.1 Å². The van der Waals surface area contributed by atoms with Crippen LogP contribution >= 0.6 is 35.2 Å². The molecule has 1 heterocycles. The van der Waals surface area contributed by atoms with Crippen molar-refractivity contribution < 1.29 is 14.3 Å². The van der Waals surface area contributed by atoms with Gasteiger partial charge in [0.05, 0.1) is 22.3 Å². The lowest BCUT2D eigenvalue weighted by atomic mass is 10.2. The molecular formula is C18H16ClN3O3S2. The van der Waals surface area contributed by atoms with E-state index in [4.69, 9.17) is 33.3 Å².